The van der Waals surface area contributed by atoms with Crippen LogP contribution < -0.4 is 5.32 Å². The fraction of sp³-hybridized carbons (Fsp3) is 0.115. The van der Waals surface area contributed by atoms with Crippen molar-refractivity contribution in [1.82, 2.24) is 5.16 Å². The molecule has 3 aromatic carbocycles. The maximum Gasteiger partial charge on any atom is 0.412 e. The lowest BCUT2D eigenvalue weighted by Gasteiger charge is -2.15. The minimum atomic E-state index is -0.997. The van der Waals surface area contributed by atoms with Crippen molar-refractivity contribution in [2.45, 2.75) is 20.0 Å². The van der Waals surface area contributed by atoms with Gasteiger partial charge in [0.15, 0.2) is 5.76 Å². The van der Waals surface area contributed by atoms with Gasteiger partial charge >= 0.3 is 12.1 Å². The van der Waals surface area contributed by atoms with E-state index in [-0.39, 0.29) is 5.56 Å². The van der Waals surface area contributed by atoms with Crippen molar-refractivity contribution < 1.29 is 24.0 Å². The van der Waals surface area contributed by atoms with E-state index in [0.29, 0.717) is 38.9 Å². The molecule has 172 valence electrons. The fourth-order valence-electron chi connectivity index (χ4n) is 3.61. The number of aromatic nitrogens is 1. The summed E-state index contributed by atoms with van der Waals surface area (Å²) in [5.74, 6) is -0.583. The molecule has 4 aromatic rings. The van der Waals surface area contributed by atoms with Crippen molar-refractivity contribution in [3.8, 4) is 22.4 Å². The van der Waals surface area contributed by atoms with Gasteiger partial charge in [-0.1, -0.05) is 77.4 Å². The van der Waals surface area contributed by atoms with Gasteiger partial charge in [0.05, 0.1) is 5.56 Å². The number of rotatable bonds is 6. The van der Waals surface area contributed by atoms with E-state index in [2.05, 4.69) is 10.5 Å². The summed E-state index contributed by atoms with van der Waals surface area (Å²) in [6.07, 6.45) is -1.24. The van der Waals surface area contributed by atoms with Crippen LogP contribution in [0.25, 0.3) is 22.4 Å². The van der Waals surface area contributed by atoms with E-state index in [4.69, 9.17) is 20.9 Å². The third kappa shape index (κ3) is 4.79. The molecule has 1 heterocycles. The van der Waals surface area contributed by atoms with Gasteiger partial charge in [-0.05, 0) is 37.1 Å². The van der Waals surface area contributed by atoms with Gasteiger partial charge in [0, 0.05) is 16.1 Å². The van der Waals surface area contributed by atoms with Gasteiger partial charge in [0.1, 0.15) is 17.5 Å². The Labute approximate surface area is 200 Å². The number of hydrogen-bond acceptors (Lipinski definition) is 5. The van der Waals surface area contributed by atoms with Gasteiger partial charge in [0.2, 0.25) is 0 Å². The number of aryl methyl sites for hydroxylation is 1. The summed E-state index contributed by atoms with van der Waals surface area (Å²) in [6.45, 7) is 3.41. The first kappa shape index (κ1) is 23.1. The van der Waals surface area contributed by atoms with Gasteiger partial charge in [-0.25, -0.2) is 9.59 Å². The number of aromatic carboxylic acids is 1. The topological polar surface area (TPSA) is 102 Å². The monoisotopic (exact) mass is 476 g/mol. The molecule has 0 aliphatic carbocycles. The molecule has 0 spiro atoms. The van der Waals surface area contributed by atoms with Crippen molar-refractivity contribution in [2.24, 2.45) is 0 Å². The van der Waals surface area contributed by atoms with Crippen LogP contribution in [0.3, 0.4) is 0 Å². The lowest BCUT2D eigenvalue weighted by Crippen LogP contribution is -2.17. The van der Waals surface area contributed by atoms with E-state index in [1.54, 1.807) is 80.6 Å². The van der Waals surface area contributed by atoms with E-state index < -0.39 is 18.2 Å². The molecule has 34 heavy (non-hydrogen) atoms. The summed E-state index contributed by atoms with van der Waals surface area (Å²) in [4.78, 5) is 24.1. The molecule has 0 aliphatic rings. The highest BCUT2D eigenvalue weighted by molar-refractivity contribution is 6.31. The number of ether oxygens (including phenoxy) is 1. The first-order chi connectivity index (χ1) is 16.3. The van der Waals surface area contributed by atoms with Crippen molar-refractivity contribution in [3.63, 3.8) is 0 Å². The molecular weight excluding hydrogens is 456 g/mol. The van der Waals surface area contributed by atoms with E-state index >= 15 is 0 Å². The predicted molar refractivity (Wildman–Crippen MR) is 129 cm³/mol. The molecule has 0 saturated heterocycles. The Morgan fingerprint density at radius 1 is 1.00 bits per heavy atom. The van der Waals surface area contributed by atoms with Crippen LogP contribution in [0.15, 0.2) is 77.3 Å². The van der Waals surface area contributed by atoms with Crippen molar-refractivity contribution >= 4 is 29.4 Å². The van der Waals surface area contributed by atoms with Gasteiger partial charge in [-0.3, -0.25) is 5.32 Å². The highest BCUT2D eigenvalue weighted by Crippen LogP contribution is 2.33. The molecule has 7 nitrogen and oxygen atoms in total. The van der Waals surface area contributed by atoms with Crippen LogP contribution in [0.1, 0.15) is 34.7 Å². The fourth-order valence-corrected chi connectivity index (χ4v) is 3.90. The average Bonchev–Trinajstić information content (AvgIpc) is 3.19. The Morgan fingerprint density at radius 2 is 1.65 bits per heavy atom. The second-order valence-electron chi connectivity index (χ2n) is 7.58. The highest BCUT2D eigenvalue weighted by Gasteiger charge is 2.21. The van der Waals surface area contributed by atoms with Crippen LogP contribution in [-0.4, -0.2) is 22.3 Å². The van der Waals surface area contributed by atoms with Crippen molar-refractivity contribution in [1.29, 1.82) is 0 Å². The summed E-state index contributed by atoms with van der Waals surface area (Å²) in [5, 5.41) is 16.7. The Kier molecular flexibility index (Phi) is 6.65. The first-order valence-electron chi connectivity index (χ1n) is 10.5. The number of benzene rings is 3. The third-order valence-corrected chi connectivity index (χ3v) is 5.69. The van der Waals surface area contributed by atoms with Crippen LogP contribution in [0.2, 0.25) is 5.02 Å². The number of carbonyl (C=O) groups excluding carboxylic acids is 1. The zero-order chi connectivity index (χ0) is 24.2. The molecule has 0 radical (unpaired) electrons. The Balaban J connectivity index is 1.55. The molecule has 8 heteroatoms. The Hall–Kier alpha value is -4.10. The molecular formula is C26H21ClN2O5. The van der Waals surface area contributed by atoms with Crippen LogP contribution in [0, 0.1) is 6.92 Å². The second kappa shape index (κ2) is 9.80. The average molecular weight is 477 g/mol. The smallest absolute Gasteiger partial charge is 0.412 e. The van der Waals surface area contributed by atoms with E-state index in [1.165, 1.54) is 0 Å². The third-order valence-electron chi connectivity index (χ3n) is 5.34. The Bertz CT molecular complexity index is 1350. The van der Waals surface area contributed by atoms with Crippen LogP contribution in [-0.2, 0) is 4.74 Å². The van der Waals surface area contributed by atoms with Crippen LogP contribution in [0.5, 0.6) is 0 Å². The molecule has 0 bridgehead atoms. The van der Waals surface area contributed by atoms with E-state index in [0.717, 1.165) is 5.56 Å². The number of carboxylic acids is 1. The Morgan fingerprint density at radius 3 is 2.35 bits per heavy atom. The first-order valence-corrected chi connectivity index (χ1v) is 10.8. The molecule has 1 unspecified atom stereocenters. The summed E-state index contributed by atoms with van der Waals surface area (Å²) >= 11 is 6.19. The van der Waals surface area contributed by atoms with Crippen LogP contribution >= 0.6 is 11.6 Å². The summed E-state index contributed by atoms with van der Waals surface area (Å²) in [5.41, 5.74) is 3.75. The van der Waals surface area contributed by atoms with Gasteiger partial charge in [-0.2, -0.15) is 0 Å². The summed E-state index contributed by atoms with van der Waals surface area (Å²) in [7, 11) is 0. The second-order valence-corrected chi connectivity index (χ2v) is 7.99. The molecule has 1 amide bonds. The minimum absolute atomic E-state index is 0.213. The lowest BCUT2D eigenvalue weighted by molar-refractivity contribution is 0.0697. The number of amides is 1. The maximum atomic E-state index is 12.6. The summed E-state index contributed by atoms with van der Waals surface area (Å²) < 4.78 is 10.8. The minimum Gasteiger partial charge on any atom is -0.478 e. The van der Waals surface area contributed by atoms with Crippen molar-refractivity contribution in [2.75, 3.05) is 5.32 Å². The number of anilines is 1. The molecule has 4 rings (SSSR count). The number of halogens is 1. The quantitative estimate of drug-likeness (QED) is 0.311. The van der Waals surface area contributed by atoms with Gasteiger partial charge in [-0.15, -0.1) is 0 Å². The standard InChI is InChI=1S/C26H21ClN2O5/c1-15(19-7-5-6-10-22(19)27)33-26(32)28-23-16(2)34-29-24(23)18-13-11-17(12-14-18)20-8-3-4-9-21(20)25(30)31/h3-15H,1-2H3,(H,28,32)(H,30,31). The van der Waals surface area contributed by atoms with E-state index in [9.17, 15) is 14.7 Å². The normalized spacial score (nSPS) is 11.6. The molecule has 0 fully saturated rings. The summed E-state index contributed by atoms with van der Waals surface area (Å²) in [6, 6.07) is 21.1. The van der Waals surface area contributed by atoms with Crippen molar-refractivity contribution in [3.05, 3.63) is 94.7 Å². The highest BCUT2D eigenvalue weighted by atomic mass is 35.5. The van der Waals surface area contributed by atoms with Gasteiger partial charge in [0.25, 0.3) is 0 Å². The lowest BCUT2D eigenvalue weighted by atomic mass is 9.98. The SMILES string of the molecule is Cc1onc(-c2ccc(-c3ccccc3C(=O)O)cc2)c1NC(=O)OC(C)c1ccccc1Cl. The predicted octanol–water partition coefficient (Wildman–Crippen LogP) is 6.98. The van der Waals surface area contributed by atoms with Gasteiger partial charge < -0.3 is 14.4 Å². The zero-order valence-electron chi connectivity index (χ0n) is 18.4. The number of carboxylic acid groups (broad SMARTS) is 1. The maximum absolute atomic E-state index is 12.6. The largest absolute Gasteiger partial charge is 0.478 e. The van der Waals surface area contributed by atoms with E-state index in [1.807, 2.05) is 6.07 Å². The number of nitrogens with zero attached hydrogens (tertiary/aromatic N) is 1. The number of nitrogens with one attached hydrogen (secondary N) is 1. The molecule has 0 aliphatic heterocycles. The molecule has 2 N–H and O–H groups in total. The molecule has 1 aromatic heterocycles. The van der Waals surface area contributed by atoms with Crippen LogP contribution in [0.4, 0.5) is 10.5 Å². The number of carbonyl (C=O) groups is 2. The number of hydrogen-bond donors (Lipinski definition) is 2. The molecule has 0 saturated carbocycles. The molecule has 1 atom stereocenters. The zero-order valence-corrected chi connectivity index (χ0v) is 19.2.